The van der Waals surface area contributed by atoms with E-state index in [0.29, 0.717) is 19.5 Å². The number of unbranched alkanes of at least 4 members (excludes halogenated alkanes) is 3. The van der Waals surface area contributed by atoms with Crippen molar-refractivity contribution in [3.63, 3.8) is 0 Å². The van der Waals surface area contributed by atoms with E-state index in [1.807, 2.05) is 30.3 Å². The Morgan fingerprint density at radius 3 is 2.25 bits per heavy atom. The molecular formula is C25H31N3O3S. The molecule has 0 spiro atoms. The van der Waals surface area contributed by atoms with Gasteiger partial charge in [-0.2, -0.15) is 0 Å². The minimum atomic E-state index is -0.368. The topological polar surface area (TPSA) is 83.7 Å². The molecule has 0 aliphatic carbocycles. The number of rotatable bonds is 11. The smallest absolute Gasteiger partial charge is 0.284 e. The van der Waals surface area contributed by atoms with E-state index >= 15 is 0 Å². The average Bonchev–Trinajstić information content (AvgIpc) is 2.81. The van der Waals surface area contributed by atoms with Crippen LogP contribution in [0.1, 0.15) is 49.3 Å². The summed E-state index contributed by atoms with van der Waals surface area (Å²) in [4.78, 5) is 25.1. The third-order valence-electron chi connectivity index (χ3n) is 5.85. The maximum atomic E-state index is 12.5. The molecule has 2 aromatic rings. The summed E-state index contributed by atoms with van der Waals surface area (Å²) in [5, 5.41) is 3.00. The first-order valence-electron chi connectivity index (χ1n) is 11.1. The van der Waals surface area contributed by atoms with Crippen molar-refractivity contribution in [3.05, 3.63) is 71.3 Å². The monoisotopic (exact) mass is 453 g/mol. The zero-order valence-corrected chi connectivity index (χ0v) is 19.4. The highest BCUT2D eigenvalue weighted by molar-refractivity contribution is 7.69. The predicted molar refractivity (Wildman–Crippen MR) is 128 cm³/mol. The van der Waals surface area contributed by atoms with Crippen LogP contribution in [0.25, 0.3) is 0 Å². The number of hydrogen-bond donors (Lipinski definition) is 1. The predicted octanol–water partition coefficient (Wildman–Crippen LogP) is 2.85. The molecule has 1 atom stereocenters. The lowest BCUT2D eigenvalue weighted by Crippen LogP contribution is -2.69. The van der Waals surface area contributed by atoms with Crippen molar-refractivity contribution in [2.45, 2.75) is 58.0 Å². The van der Waals surface area contributed by atoms with Crippen LogP contribution in [0.15, 0.2) is 54.6 Å². The van der Waals surface area contributed by atoms with Crippen LogP contribution in [-0.4, -0.2) is 43.5 Å². The minimum Gasteiger partial charge on any atom is -0.326 e. The van der Waals surface area contributed by atoms with Crippen LogP contribution in [0.3, 0.4) is 0 Å². The lowest BCUT2D eigenvalue weighted by Gasteiger charge is -2.46. The fourth-order valence-electron chi connectivity index (χ4n) is 4.03. The van der Waals surface area contributed by atoms with E-state index in [4.69, 9.17) is 5.73 Å². The molecule has 0 radical (unpaired) electrons. The normalized spacial score (nSPS) is 15.4. The summed E-state index contributed by atoms with van der Waals surface area (Å²) in [5.41, 5.74) is 9.11. The van der Waals surface area contributed by atoms with Crippen LogP contribution in [-0.2, 0) is 40.2 Å². The van der Waals surface area contributed by atoms with Gasteiger partial charge in [-0.3, -0.25) is 14.6 Å². The molecule has 3 rings (SSSR count). The first kappa shape index (κ1) is 23.9. The van der Waals surface area contributed by atoms with Gasteiger partial charge in [-0.25, -0.2) is 9.22 Å². The second kappa shape index (κ2) is 11.7. The van der Waals surface area contributed by atoms with Crippen LogP contribution in [0.2, 0.25) is 0 Å². The van der Waals surface area contributed by atoms with Crippen LogP contribution in [0, 0.1) is 0 Å². The van der Waals surface area contributed by atoms with Crippen LogP contribution >= 0.6 is 0 Å². The average molecular weight is 454 g/mol. The van der Waals surface area contributed by atoms with E-state index in [1.54, 1.807) is 0 Å². The molecule has 1 aliphatic heterocycles. The second-order valence-corrected chi connectivity index (χ2v) is 8.74. The van der Waals surface area contributed by atoms with Crippen LogP contribution < -0.4 is 5.73 Å². The highest BCUT2D eigenvalue weighted by atomic mass is 32.1. The molecule has 170 valence electrons. The molecule has 32 heavy (non-hydrogen) atoms. The third kappa shape index (κ3) is 5.93. The maximum absolute atomic E-state index is 12.5. The van der Waals surface area contributed by atoms with Gasteiger partial charge in [0.25, 0.3) is 5.91 Å². The lowest BCUT2D eigenvalue weighted by atomic mass is 9.96. The van der Waals surface area contributed by atoms with Crippen molar-refractivity contribution in [1.82, 2.24) is 10.0 Å². The fraction of sp³-hybridized carbons (Fsp3) is 0.400. The van der Waals surface area contributed by atoms with Crippen LogP contribution in [0.4, 0.5) is 0 Å². The van der Waals surface area contributed by atoms with Crippen molar-refractivity contribution in [2.24, 2.45) is 5.73 Å². The number of nitrogens with two attached hydrogens (primary N) is 1. The van der Waals surface area contributed by atoms with Gasteiger partial charge in [0.15, 0.2) is 0 Å². The van der Waals surface area contributed by atoms with Gasteiger partial charge in [-0.05, 0) is 36.0 Å². The lowest BCUT2D eigenvalue weighted by molar-refractivity contribution is -0.166. The number of hydrogen-bond acceptors (Lipinski definition) is 4. The van der Waals surface area contributed by atoms with Gasteiger partial charge in [0.1, 0.15) is 22.2 Å². The second-order valence-electron chi connectivity index (χ2n) is 8.13. The van der Waals surface area contributed by atoms with Crippen LogP contribution in [0.5, 0.6) is 0 Å². The molecule has 7 heteroatoms. The van der Waals surface area contributed by atoms with Crippen molar-refractivity contribution >= 4 is 27.9 Å². The summed E-state index contributed by atoms with van der Waals surface area (Å²) in [7, 11) is 0. The summed E-state index contributed by atoms with van der Waals surface area (Å²) >= 11 is 0.246. The van der Waals surface area contributed by atoms with E-state index in [2.05, 4.69) is 24.3 Å². The molecule has 0 bridgehead atoms. The number of hydrazine groups is 1. The summed E-state index contributed by atoms with van der Waals surface area (Å²) in [6.07, 6.45) is 5.47. The third-order valence-corrected chi connectivity index (χ3v) is 6.47. The summed E-state index contributed by atoms with van der Waals surface area (Å²) in [5.74, 6) is -0.520. The highest BCUT2D eigenvalue weighted by Crippen LogP contribution is 2.24. The zero-order valence-electron chi connectivity index (χ0n) is 18.5. The Kier molecular flexibility index (Phi) is 8.76. The fourth-order valence-corrected chi connectivity index (χ4v) is 4.49. The molecule has 1 unspecified atom stereocenters. The number of carbonyl (C=O) groups excluding carboxylic acids is 2. The van der Waals surface area contributed by atoms with E-state index in [-0.39, 0.29) is 34.0 Å². The summed E-state index contributed by atoms with van der Waals surface area (Å²) in [6, 6.07) is 17.8. The number of aryl methyl sites for hydroxylation is 1. The summed E-state index contributed by atoms with van der Waals surface area (Å²) < 4.78 is 11.5. The van der Waals surface area contributed by atoms with E-state index in [9.17, 15) is 13.8 Å². The molecule has 1 heterocycles. The molecule has 0 saturated carbocycles. The Morgan fingerprint density at radius 1 is 0.969 bits per heavy atom. The largest absolute Gasteiger partial charge is 0.326 e. The Balaban J connectivity index is 1.50. The van der Waals surface area contributed by atoms with E-state index < -0.39 is 0 Å². The van der Waals surface area contributed by atoms with Gasteiger partial charge < -0.3 is 5.73 Å². The Morgan fingerprint density at radius 2 is 1.62 bits per heavy atom. The van der Waals surface area contributed by atoms with Gasteiger partial charge in [0.05, 0.1) is 0 Å². The Bertz CT molecular complexity index is 972. The highest BCUT2D eigenvalue weighted by Gasteiger charge is 2.47. The molecule has 1 saturated heterocycles. The SMILES string of the molecule is CC(=O)N(CCCCCCc1ccc(CN)cc1)N1C(=O)C(=S=O)C1Cc1ccccc1. The van der Waals surface area contributed by atoms with Crippen molar-refractivity contribution in [2.75, 3.05) is 6.54 Å². The number of nitrogens with zero attached hydrogens (tertiary/aromatic N) is 2. The number of benzene rings is 2. The van der Waals surface area contributed by atoms with E-state index in [0.717, 1.165) is 43.2 Å². The minimum absolute atomic E-state index is 0.175. The molecule has 1 aliphatic rings. The number of carbonyl (C=O) groups is 2. The van der Waals surface area contributed by atoms with Crippen molar-refractivity contribution in [3.8, 4) is 0 Å². The molecule has 0 aromatic heterocycles. The van der Waals surface area contributed by atoms with Gasteiger partial charge in [0, 0.05) is 26.4 Å². The molecule has 6 nitrogen and oxygen atoms in total. The molecule has 2 aromatic carbocycles. The standard InChI is InChI=1S/C25H31N3O3S/c1-19(29)27(16-8-3-2-5-9-20-12-14-22(18-26)15-13-20)28-23(24(32-31)25(28)30)17-21-10-6-4-7-11-21/h4,6-7,10-15,23H,2-3,5,8-9,16-18,26H2,1H3. The van der Waals surface area contributed by atoms with Gasteiger partial charge in [-0.15, -0.1) is 0 Å². The van der Waals surface area contributed by atoms with E-state index in [1.165, 1.54) is 22.5 Å². The van der Waals surface area contributed by atoms with Crippen molar-refractivity contribution < 1.29 is 13.8 Å². The zero-order chi connectivity index (χ0) is 22.9. The molecule has 1 fully saturated rings. The van der Waals surface area contributed by atoms with Gasteiger partial charge in [0.2, 0.25) is 5.91 Å². The Hall–Kier alpha value is -2.77. The summed E-state index contributed by atoms with van der Waals surface area (Å²) in [6.45, 7) is 2.51. The Labute approximate surface area is 193 Å². The first-order valence-corrected chi connectivity index (χ1v) is 11.9. The maximum Gasteiger partial charge on any atom is 0.284 e. The van der Waals surface area contributed by atoms with Crippen molar-refractivity contribution in [1.29, 1.82) is 0 Å². The molecule has 2 amide bonds. The first-order chi connectivity index (χ1) is 15.5. The molecule has 2 N–H and O–H groups in total. The van der Waals surface area contributed by atoms with Gasteiger partial charge in [-0.1, -0.05) is 67.4 Å². The van der Waals surface area contributed by atoms with Gasteiger partial charge >= 0.3 is 0 Å². The molecular weight excluding hydrogens is 422 g/mol. The number of β-lactam (4-membered cyclic amide) rings is 1. The number of amides is 2. The quantitative estimate of drug-likeness (QED) is 0.322.